The van der Waals surface area contributed by atoms with Crippen LogP contribution in [0.4, 0.5) is 5.69 Å². The first-order valence-corrected chi connectivity index (χ1v) is 10.7. The largest absolute Gasteiger partial charge is 0.368 e. The van der Waals surface area contributed by atoms with Gasteiger partial charge in [0, 0.05) is 44.0 Å². The van der Waals surface area contributed by atoms with Crippen molar-refractivity contribution in [2.45, 2.75) is 31.9 Å². The van der Waals surface area contributed by atoms with Gasteiger partial charge in [0.2, 0.25) is 5.91 Å². The van der Waals surface area contributed by atoms with Crippen LogP contribution in [0.2, 0.25) is 0 Å². The number of carbonyl (C=O) groups is 2. The summed E-state index contributed by atoms with van der Waals surface area (Å²) in [6.45, 7) is 5.25. The lowest BCUT2D eigenvalue weighted by atomic mass is 10.0. The molecule has 158 valence electrons. The first-order chi connectivity index (χ1) is 14.6. The average Bonchev–Trinajstić information content (AvgIpc) is 3.34. The van der Waals surface area contributed by atoms with Crippen LogP contribution in [-0.4, -0.2) is 66.5 Å². The van der Waals surface area contributed by atoms with E-state index in [4.69, 9.17) is 4.74 Å². The van der Waals surface area contributed by atoms with Crippen LogP contribution in [0.25, 0.3) is 11.1 Å². The van der Waals surface area contributed by atoms with Gasteiger partial charge in [-0.25, -0.2) is 0 Å². The maximum atomic E-state index is 13.0. The summed E-state index contributed by atoms with van der Waals surface area (Å²) in [5.41, 5.74) is 2.89. The summed E-state index contributed by atoms with van der Waals surface area (Å²) >= 11 is 0. The van der Waals surface area contributed by atoms with Crippen molar-refractivity contribution in [1.29, 1.82) is 0 Å². The van der Waals surface area contributed by atoms with Gasteiger partial charge in [-0.2, -0.15) is 0 Å². The highest BCUT2D eigenvalue weighted by Crippen LogP contribution is 2.28. The van der Waals surface area contributed by atoms with Gasteiger partial charge < -0.3 is 15.0 Å². The normalized spacial score (nSPS) is 20.7. The fraction of sp³-hybridized carbons (Fsp3) is 0.417. The van der Waals surface area contributed by atoms with Crippen LogP contribution in [0.3, 0.4) is 0 Å². The summed E-state index contributed by atoms with van der Waals surface area (Å²) < 4.78 is 5.53. The van der Waals surface area contributed by atoms with Crippen molar-refractivity contribution in [2.24, 2.45) is 0 Å². The van der Waals surface area contributed by atoms with Gasteiger partial charge in [-0.05, 0) is 31.4 Å². The number of piperazine rings is 1. The first-order valence-electron chi connectivity index (χ1n) is 10.7. The molecule has 2 aromatic rings. The molecule has 2 aliphatic heterocycles. The lowest BCUT2D eigenvalue weighted by Gasteiger charge is -2.38. The second kappa shape index (κ2) is 9.41. The summed E-state index contributed by atoms with van der Waals surface area (Å²) in [5, 5.41) is 3.10. The second-order valence-corrected chi connectivity index (χ2v) is 7.94. The Balaban J connectivity index is 1.36. The Morgan fingerprint density at radius 3 is 2.40 bits per heavy atom. The second-order valence-electron chi connectivity index (χ2n) is 7.94. The molecule has 0 spiro atoms. The minimum Gasteiger partial charge on any atom is -0.368 e. The third-order valence-corrected chi connectivity index (χ3v) is 6.03. The number of carbonyl (C=O) groups excluding carboxylic acids is 2. The number of rotatable bonds is 5. The molecule has 2 saturated heterocycles. The molecule has 6 heteroatoms. The molecule has 0 unspecified atom stereocenters. The van der Waals surface area contributed by atoms with Crippen molar-refractivity contribution in [3.05, 3.63) is 54.6 Å². The number of anilines is 1. The van der Waals surface area contributed by atoms with E-state index in [2.05, 4.69) is 10.2 Å². The topological polar surface area (TPSA) is 61.9 Å². The molecule has 0 bridgehead atoms. The van der Waals surface area contributed by atoms with Crippen LogP contribution >= 0.6 is 0 Å². The Bertz CT molecular complexity index is 872. The number of nitrogens with zero attached hydrogens (tertiary/aromatic N) is 2. The quantitative estimate of drug-likeness (QED) is 0.828. The fourth-order valence-electron chi connectivity index (χ4n) is 4.17. The summed E-state index contributed by atoms with van der Waals surface area (Å²) in [4.78, 5) is 29.5. The van der Waals surface area contributed by atoms with Gasteiger partial charge in [-0.3, -0.25) is 14.5 Å². The third-order valence-electron chi connectivity index (χ3n) is 6.03. The Morgan fingerprint density at radius 1 is 1.00 bits per heavy atom. The van der Waals surface area contributed by atoms with Gasteiger partial charge in [-0.1, -0.05) is 48.5 Å². The molecule has 0 radical (unpaired) electrons. The lowest BCUT2D eigenvalue weighted by molar-refractivity contribution is -0.143. The van der Waals surface area contributed by atoms with Crippen LogP contribution in [0.5, 0.6) is 0 Å². The van der Waals surface area contributed by atoms with Gasteiger partial charge >= 0.3 is 0 Å². The molecule has 0 aromatic heterocycles. The molecular weight excluding hydrogens is 378 g/mol. The van der Waals surface area contributed by atoms with Crippen LogP contribution in [0.15, 0.2) is 54.6 Å². The molecule has 6 nitrogen and oxygen atoms in total. The molecule has 2 fully saturated rings. The zero-order valence-electron chi connectivity index (χ0n) is 17.4. The summed E-state index contributed by atoms with van der Waals surface area (Å²) in [6, 6.07) is 17.6. The van der Waals surface area contributed by atoms with E-state index in [1.54, 1.807) is 0 Å². The van der Waals surface area contributed by atoms with Crippen molar-refractivity contribution in [2.75, 3.05) is 38.1 Å². The Labute approximate surface area is 177 Å². The van der Waals surface area contributed by atoms with Crippen LogP contribution in [0.1, 0.15) is 19.8 Å². The average molecular weight is 408 g/mol. The lowest BCUT2D eigenvalue weighted by Crippen LogP contribution is -2.55. The molecule has 2 atom stereocenters. The van der Waals surface area contributed by atoms with Crippen molar-refractivity contribution < 1.29 is 14.3 Å². The molecule has 2 heterocycles. The summed E-state index contributed by atoms with van der Waals surface area (Å²) in [5.74, 6) is 0.0679. The van der Waals surface area contributed by atoms with Crippen LogP contribution in [-0.2, 0) is 14.3 Å². The van der Waals surface area contributed by atoms with Crippen LogP contribution < -0.4 is 5.32 Å². The number of hydrogen-bond donors (Lipinski definition) is 1. The molecule has 4 rings (SSSR count). The van der Waals surface area contributed by atoms with E-state index in [-0.39, 0.29) is 24.0 Å². The van der Waals surface area contributed by atoms with E-state index in [1.807, 2.05) is 66.4 Å². The molecule has 30 heavy (non-hydrogen) atoms. The molecule has 0 aliphatic carbocycles. The zero-order chi connectivity index (χ0) is 20.9. The van der Waals surface area contributed by atoms with Crippen molar-refractivity contribution in [3.8, 4) is 11.1 Å². The van der Waals surface area contributed by atoms with Crippen molar-refractivity contribution in [3.63, 3.8) is 0 Å². The van der Waals surface area contributed by atoms with E-state index < -0.39 is 0 Å². The number of ether oxygens (including phenoxy) is 1. The molecular formula is C24H29N3O3. The highest BCUT2D eigenvalue weighted by Gasteiger charge is 2.32. The maximum absolute atomic E-state index is 13.0. The number of benzene rings is 2. The highest BCUT2D eigenvalue weighted by molar-refractivity contribution is 5.98. The predicted molar refractivity (Wildman–Crippen MR) is 117 cm³/mol. The Kier molecular flexibility index (Phi) is 6.45. The maximum Gasteiger partial charge on any atom is 0.251 e. The Morgan fingerprint density at radius 2 is 1.70 bits per heavy atom. The van der Waals surface area contributed by atoms with Gasteiger partial charge in [-0.15, -0.1) is 0 Å². The Hall–Kier alpha value is -2.70. The van der Waals surface area contributed by atoms with Gasteiger partial charge in [0.15, 0.2) is 0 Å². The molecule has 1 N–H and O–H groups in total. The smallest absolute Gasteiger partial charge is 0.251 e. The molecule has 2 aliphatic rings. The minimum absolute atomic E-state index is 0.0303. The predicted octanol–water partition coefficient (Wildman–Crippen LogP) is 3.00. The summed E-state index contributed by atoms with van der Waals surface area (Å²) in [6.07, 6.45) is 1.50. The van der Waals surface area contributed by atoms with Crippen LogP contribution in [0, 0.1) is 0 Å². The number of hydrogen-bond acceptors (Lipinski definition) is 4. The van der Waals surface area contributed by atoms with Gasteiger partial charge in [0.05, 0.1) is 6.04 Å². The monoisotopic (exact) mass is 407 g/mol. The highest BCUT2D eigenvalue weighted by atomic mass is 16.5. The molecule has 0 saturated carbocycles. The SMILES string of the molecule is C[C@@H](C(=O)Nc1ccccc1-c1ccccc1)N1CCN(C(=O)[C@H]2CCCO2)CC1. The number of para-hydroxylation sites is 1. The summed E-state index contributed by atoms with van der Waals surface area (Å²) in [7, 11) is 0. The number of nitrogens with one attached hydrogen (secondary N) is 1. The van der Waals surface area contributed by atoms with Gasteiger partial charge in [0.1, 0.15) is 6.10 Å². The molecule has 2 aromatic carbocycles. The van der Waals surface area contributed by atoms with E-state index in [0.717, 1.165) is 29.7 Å². The fourth-order valence-corrected chi connectivity index (χ4v) is 4.17. The first kappa shape index (κ1) is 20.6. The standard InChI is InChI=1S/C24H29N3O3/c1-18(26-13-15-27(16-14-26)24(29)22-12-7-17-30-22)23(28)25-21-11-6-5-10-20(21)19-8-3-2-4-9-19/h2-6,8-11,18,22H,7,12-17H2,1H3,(H,25,28)/t18-,22+/m0/s1. The minimum atomic E-state index is -0.272. The van der Waals surface area contributed by atoms with E-state index in [9.17, 15) is 9.59 Å². The van der Waals surface area contributed by atoms with E-state index >= 15 is 0 Å². The number of amides is 2. The van der Waals surface area contributed by atoms with Gasteiger partial charge in [0.25, 0.3) is 5.91 Å². The third kappa shape index (κ3) is 4.55. The van der Waals surface area contributed by atoms with Crippen molar-refractivity contribution >= 4 is 17.5 Å². The molecule has 2 amide bonds. The van der Waals surface area contributed by atoms with E-state index in [1.165, 1.54) is 0 Å². The van der Waals surface area contributed by atoms with E-state index in [0.29, 0.717) is 32.8 Å². The zero-order valence-corrected chi connectivity index (χ0v) is 17.4. The van der Waals surface area contributed by atoms with Crippen molar-refractivity contribution in [1.82, 2.24) is 9.80 Å².